The zero-order chi connectivity index (χ0) is 11.0. The molecule has 3 aliphatic rings. The lowest BCUT2D eigenvalue weighted by Crippen LogP contribution is -2.49. The molecular formula is C13H22N2S. The average molecular weight is 238 g/mol. The molecule has 0 bridgehead atoms. The second kappa shape index (κ2) is 4.52. The summed E-state index contributed by atoms with van der Waals surface area (Å²) in [5, 5.41) is 4.51. The summed E-state index contributed by atoms with van der Waals surface area (Å²) in [6.45, 7) is 2.42. The first-order valence-corrected chi connectivity index (χ1v) is 7.29. The highest BCUT2D eigenvalue weighted by molar-refractivity contribution is 7.80. The summed E-state index contributed by atoms with van der Waals surface area (Å²) in [7, 11) is 0. The Morgan fingerprint density at radius 2 is 1.75 bits per heavy atom. The van der Waals surface area contributed by atoms with Gasteiger partial charge in [0.25, 0.3) is 0 Å². The Kier molecular flexibility index (Phi) is 3.05. The fourth-order valence-electron chi connectivity index (χ4n) is 3.28. The molecular weight excluding hydrogens is 216 g/mol. The highest BCUT2D eigenvalue weighted by Gasteiger charge is 2.33. The number of hydrogen-bond acceptors (Lipinski definition) is 1. The number of nitrogens with one attached hydrogen (secondary N) is 1. The average Bonchev–Trinajstić information content (AvgIpc) is 3.12. The van der Waals surface area contributed by atoms with Crippen molar-refractivity contribution in [2.75, 3.05) is 13.1 Å². The van der Waals surface area contributed by atoms with Crippen molar-refractivity contribution in [3.05, 3.63) is 0 Å². The molecule has 2 unspecified atom stereocenters. The lowest BCUT2D eigenvalue weighted by atomic mass is 9.75. The Balaban J connectivity index is 1.54. The number of likely N-dealkylation sites (tertiary alicyclic amines) is 1. The van der Waals surface area contributed by atoms with E-state index in [4.69, 9.17) is 12.2 Å². The first-order chi connectivity index (χ1) is 7.83. The Hall–Kier alpha value is -0.310. The van der Waals surface area contributed by atoms with Crippen molar-refractivity contribution >= 4 is 17.3 Å². The first kappa shape index (κ1) is 10.8. The zero-order valence-electron chi connectivity index (χ0n) is 9.95. The molecule has 2 nitrogen and oxygen atoms in total. The van der Waals surface area contributed by atoms with Crippen molar-refractivity contribution in [2.24, 2.45) is 11.8 Å². The van der Waals surface area contributed by atoms with Gasteiger partial charge in [0.05, 0.1) is 0 Å². The molecule has 2 saturated carbocycles. The summed E-state index contributed by atoms with van der Waals surface area (Å²) < 4.78 is 0. The maximum absolute atomic E-state index is 5.50. The van der Waals surface area contributed by atoms with E-state index in [0.29, 0.717) is 6.04 Å². The molecule has 90 valence electrons. The summed E-state index contributed by atoms with van der Waals surface area (Å²) in [4.78, 5) is 2.43. The largest absolute Gasteiger partial charge is 0.360 e. The van der Waals surface area contributed by atoms with E-state index in [1.54, 1.807) is 0 Å². The van der Waals surface area contributed by atoms with Gasteiger partial charge in [0.1, 0.15) is 0 Å². The molecule has 3 heteroatoms. The highest BCUT2D eigenvalue weighted by Crippen LogP contribution is 2.36. The number of rotatable bonds is 1. The minimum atomic E-state index is 0.705. The summed E-state index contributed by atoms with van der Waals surface area (Å²) in [5.74, 6) is 1.94. The van der Waals surface area contributed by atoms with Crippen molar-refractivity contribution in [2.45, 2.75) is 51.0 Å². The molecule has 16 heavy (non-hydrogen) atoms. The topological polar surface area (TPSA) is 15.3 Å². The van der Waals surface area contributed by atoms with Crippen LogP contribution in [0.1, 0.15) is 44.9 Å². The molecule has 3 rings (SSSR count). The van der Waals surface area contributed by atoms with Gasteiger partial charge < -0.3 is 10.2 Å². The van der Waals surface area contributed by atoms with E-state index in [1.165, 1.54) is 58.0 Å². The second-order valence-electron chi connectivity index (χ2n) is 5.76. The molecule has 0 aromatic rings. The van der Waals surface area contributed by atoms with Gasteiger partial charge in [-0.1, -0.05) is 19.3 Å². The van der Waals surface area contributed by atoms with Gasteiger partial charge >= 0.3 is 0 Å². The molecule has 3 fully saturated rings. The Morgan fingerprint density at radius 3 is 2.50 bits per heavy atom. The van der Waals surface area contributed by atoms with Crippen LogP contribution in [0.3, 0.4) is 0 Å². The summed E-state index contributed by atoms with van der Waals surface area (Å²) in [6.07, 6.45) is 9.83. The van der Waals surface area contributed by atoms with Crippen LogP contribution < -0.4 is 5.32 Å². The van der Waals surface area contributed by atoms with Gasteiger partial charge in [-0.15, -0.1) is 0 Å². The highest BCUT2D eigenvalue weighted by atomic mass is 32.1. The summed E-state index contributed by atoms with van der Waals surface area (Å²) in [5.41, 5.74) is 0. The lowest BCUT2D eigenvalue weighted by molar-refractivity contribution is 0.129. The SMILES string of the molecule is S=C(NC1CC1)N1CCC2CCCCC2C1. The maximum atomic E-state index is 5.50. The van der Waals surface area contributed by atoms with Crippen LogP contribution >= 0.6 is 12.2 Å². The first-order valence-electron chi connectivity index (χ1n) is 6.88. The molecule has 0 amide bonds. The zero-order valence-corrected chi connectivity index (χ0v) is 10.8. The van der Waals surface area contributed by atoms with Gasteiger partial charge in [-0.25, -0.2) is 0 Å². The minimum absolute atomic E-state index is 0.705. The van der Waals surface area contributed by atoms with Crippen LogP contribution in [0, 0.1) is 11.8 Å². The van der Waals surface area contributed by atoms with Crippen LogP contribution in [0.5, 0.6) is 0 Å². The standard InChI is InChI=1S/C13H22N2S/c16-13(14-12-5-6-12)15-8-7-10-3-1-2-4-11(10)9-15/h10-12H,1-9H2,(H,14,16). The number of hydrogen-bond donors (Lipinski definition) is 1. The molecule has 0 aromatic carbocycles. The van der Waals surface area contributed by atoms with E-state index < -0.39 is 0 Å². The van der Waals surface area contributed by atoms with Crippen LogP contribution in [0.2, 0.25) is 0 Å². The number of nitrogens with zero attached hydrogens (tertiary/aromatic N) is 1. The van der Waals surface area contributed by atoms with E-state index >= 15 is 0 Å². The van der Waals surface area contributed by atoms with Crippen molar-refractivity contribution in [3.8, 4) is 0 Å². The predicted octanol–water partition coefficient (Wildman–Crippen LogP) is 2.54. The fourth-order valence-corrected chi connectivity index (χ4v) is 3.61. The third-order valence-corrected chi connectivity index (χ3v) is 4.86. The lowest BCUT2D eigenvalue weighted by Gasteiger charge is -2.42. The van der Waals surface area contributed by atoms with E-state index in [9.17, 15) is 0 Å². The molecule has 2 aliphatic carbocycles. The predicted molar refractivity (Wildman–Crippen MR) is 70.4 cm³/mol. The van der Waals surface area contributed by atoms with Crippen LogP contribution in [0.25, 0.3) is 0 Å². The molecule has 1 heterocycles. The van der Waals surface area contributed by atoms with Crippen LogP contribution in [-0.2, 0) is 0 Å². The molecule has 2 atom stereocenters. The molecule has 0 spiro atoms. The maximum Gasteiger partial charge on any atom is 0.169 e. The Labute approximate surface area is 104 Å². The molecule has 1 N–H and O–H groups in total. The van der Waals surface area contributed by atoms with E-state index in [1.807, 2.05) is 0 Å². The summed E-state index contributed by atoms with van der Waals surface area (Å²) >= 11 is 5.50. The third kappa shape index (κ3) is 2.34. The number of thiocarbonyl (C=S) groups is 1. The number of fused-ring (bicyclic) bond motifs is 1. The molecule has 0 radical (unpaired) electrons. The van der Waals surface area contributed by atoms with Gasteiger partial charge in [0.2, 0.25) is 0 Å². The number of piperidine rings is 1. The van der Waals surface area contributed by atoms with Crippen LogP contribution in [0.4, 0.5) is 0 Å². The molecule has 0 aromatic heterocycles. The van der Waals surface area contributed by atoms with Gasteiger partial charge in [-0.2, -0.15) is 0 Å². The normalized spacial score (nSPS) is 34.4. The second-order valence-corrected chi connectivity index (χ2v) is 6.15. The van der Waals surface area contributed by atoms with Crippen molar-refractivity contribution in [3.63, 3.8) is 0 Å². The van der Waals surface area contributed by atoms with Gasteiger partial charge in [0.15, 0.2) is 5.11 Å². The van der Waals surface area contributed by atoms with E-state index in [0.717, 1.165) is 16.9 Å². The Morgan fingerprint density at radius 1 is 1.00 bits per heavy atom. The van der Waals surface area contributed by atoms with Crippen molar-refractivity contribution in [1.82, 2.24) is 10.2 Å². The van der Waals surface area contributed by atoms with E-state index in [2.05, 4.69) is 10.2 Å². The van der Waals surface area contributed by atoms with Crippen molar-refractivity contribution < 1.29 is 0 Å². The van der Waals surface area contributed by atoms with Crippen LogP contribution in [0.15, 0.2) is 0 Å². The minimum Gasteiger partial charge on any atom is -0.360 e. The molecule has 1 saturated heterocycles. The molecule has 1 aliphatic heterocycles. The van der Waals surface area contributed by atoms with Gasteiger partial charge in [-0.05, 0) is 49.7 Å². The third-order valence-electron chi connectivity index (χ3n) is 4.48. The van der Waals surface area contributed by atoms with Crippen molar-refractivity contribution in [1.29, 1.82) is 0 Å². The summed E-state index contributed by atoms with van der Waals surface area (Å²) in [6, 6.07) is 0.705. The van der Waals surface area contributed by atoms with Crippen LogP contribution in [-0.4, -0.2) is 29.1 Å². The smallest absolute Gasteiger partial charge is 0.169 e. The monoisotopic (exact) mass is 238 g/mol. The van der Waals surface area contributed by atoms with E-state index in [-0.39, 0.29) is 0 Å². The van der Waals surface area contributed by atoms with Gasteiger partial charge in [0, 0.05) is 19.1 Å². The van der Waals surface area contributed by atoms with Gasteiger partial charge in [-0.3, -0.25) is 0 Å². The fraction of sp³-hybridized carbons (Fsp3) is 0.923. The Bertz CT molecular complexity index is 275. The quantitative estimate of drug-likeness (QED) is 0.707.